The summed E-state index contributed by atoms with van der Waals surface area (Å²) in [5.41, 5.74) is 2.48. The SMILES string of the molecule is Cc1ccc(Cl)cc1NC(=O)COC(=O)[C@@H](Cc1ccccc1)N1C(=O)c2ccccc2C1=O. The van der Waals surface area contributed by atoms with E-state index in [1.54, 1.807) is 73.7 Å². The Morgan fingerprint density at radius 1 is 0.941 bits per heavy atom. The Labute approximate surface area is 201 Å². The Morgan fingerprint density at radius 3 is 2.21 bits per heavy atom. The molecule has 1 heterocycles. The largest absolute Gasteiger partial charge is 0.454 e. The van der Waals surface area contributed by atoms with Crippen molar-refractivity contribution in [2.45, 2.75) is 19.4 Å². The quantitative estimate of drug-likeness (QED) is 0.410. The average molecular weight is 477 g/mol. The van der Waals surface area contributed by atoms with Crippen LogP contribution in [-0.4, -0.2) is 41.2 Å². The van der Waals surface area contributed by atoms with Crippen LogP contribution in [0, 0.1) is 6.92 Å². The van der Waals surface area contributed by atoms with Gasteiger partial charge < -0.3 is 10.1 Å². The topological polar surface area (TPSA) is 92.8 Å². The maximum absolute atomic E-state index is 13.1. The lowest BCUT2D eigenvalue weighted by Gasteiger charge is -2.24. The van der Waals surface area contributed by atoms with Gasteiger partial charge in [-0.25, -0.2) is 4.79 Å². The fraction of sp³-hybridized carbons (Fsp3) is 0.154. The van der Waals surface area contributed by atoms with E-state index in [0.717, 1.165) is 16.0 Å². The third-order valence-corrected chi connectivity index (χ3v) is 5.74. The summed E-state index contributed by atoms with van der Waals surface area (Å²) in [6, 6.07) is 19.2. The third kappa shape index (κ3) is 4.84. The molecule has 1 N–H and O–H groups in total. The minimum absolute atomic E-state index is 0.0557. The Hall–Kier alpha value is -3.97. The maximum atomic E-state index is 13.1. The van der Waals surface area contributed by atoms with Gasteiger partial charge in [-0.15, -0.1) is 0 Å². The second-order valence-corrected chi connectivity index (χ2v) is 8.28. The number of ether oxygens (including phenoxy) is 1. The summed E-state index contributed by atoms with van der Waals surface area (Å²) in [6.07, 6.45) is 0.0557. The lowest BCUT2D eigenvalue weighted by molar-refractivity contribution is -0.151. The number of halogens is 1. The number of esters is 1. The number of carbonyl (C=O) groups is 4. The first-order chi connectivity index (χ1) is 16.3. The standard InChI is InChI=1S/C26H21ClN2O5/c1-16-11-12-18(27)14-21(16)28-23(30)15-34-26(33)22(13-17-7-3-2-4-8-17)29-24(31)19-9-5-6-10-20(19)25(29)32/h2-12,14,22H,13,15H2,1H3,(H,28,30)/t22-/m1/s1. The van der Waals surface area contributed by atoms with Crippen molar-refractivity contribution in [3.8, 4) is 0 Å². The van der Waals surface area contributed by atoms with Crippen LogP contribution < -0.4 is 5.32 Å². The zero-order valence-corrected chi connectivity index (χ0v) is 19.0. The monoisotopic (exact) mass is 476 g/mol. The molecule has 0 aliphatic carbocycles. The second kappa shape index (κ2) is 9.89. The molecule has 8 heteroatoms. The van der Waals surface area contributed by atoms with Gasteiger partial charge in [0.05, 0.1) is 11.1 Å². The lowest BCUT2D eigenvalue weighted by Crippen LogP contribution is -2.47. The second-order valence-electron chi connectivity index (χ2n) is 7.85. The molecule has 3 amide bonds. The molecule has 0 fully saturated rings. The van der Waals surface area contributed by atoms with Crippen LogP contribution in [-0.2, 0) is 20.7 Å². The van der Waals surface area contributed by atoms with Crippen molar-refractivity contribution in [1.29, 1.82) is 0 Å². The number of fused-ring (bicyclic) bond motifs is 1. The van der Waals surface area contributed by atoms with Crippen molar-refractivity contribution >= 4 is 41.0 Å². The number of benzene rings is 3. The molecule has 1 atom stereocenters. The molecular weight excluding hydrogens is 456 g/mol. The van der Waals surface area contributed by atoms with Gasteiger partial charge in [0.15, 0.2) is 6.61 Å². The first kappa shape index (κ1) is 23.2. The first-order valence-electron chi connectivity index (χ1n) is 10.6. The van der Waals surface area contributed by atoms with Gasteiger partial charge in [0.1, 0.15) is 6.04 Å². The molecule has 0 radical (unpaired) electrons. The van der Waals surface area contributed by atoms with Crippen LogP contribution in [0.4, 0.5) is 5.69 Å². The van der Waals surface area contributed by atoms with Crippen molar-refractivity contribution in [2.75, 3.05) is 11.9 Å². The molecule has 0 unspecified atom stereocenters. The van der Waals surface area contributed by atoms with E-state index >= 15 is 0 Å². The predicted octanol–water partition coefficient (Wildman–Crippen LogP) is 4.04. The van der Waals surface area contributed by atoms with Gasteiger partial charge in [-0.2, -0.15) is 0 Å². The Bertz CT molecular complexity index is 1240. The van der Waals surface area contributed by atoms with Crippen LogP contribution in [0.3, 0.4) is 0 Å². The van der Waals surface area contributed by atoms with E-state index < -0.39 is 36.3 Å². The molecule has 172 valence electrons. The van der Waals surface area contributed by atoms with Crippen molar-refractivity contribution < 1.29 is 23.9 Å². The molecule has 0 spiro atoms. The van der Waals surface area contributed by atoms with Crippen molar-refractivity contribution in [3.63, 3.8) is 0 Å². The number of rotatable bonds is 7. The molecule has 7 nitrogen and oxygen atoms in total. The van der Waals surface area contributed by atoms with Crippen molar-refractivity contribution in [2.24, 2.45) is 0 Å². The number of amides is 3. The predicted molar refractivity (Wildman–Crippen MR) is 127 cm³/mol. The maximum Gasteiger partial charge on any atom is 0.330 e. The average Bonchev–Trinajstić information content (AvgIpc) is 3.09. The van der Waals surface area contributed by atoms with E-state index in [-0.39, 0.29) is 17.5 Å². The van der Waals surface area contributed by atoms with Gasteiger partial charge in [0.25, 0.3) is 17.7 Å². The molecule has 34 heavy (non-hydrogen) atoms. The molecule has 4 rings (SSSR count). The zero-order chi connectivity index (χ0) is 24.2. The minimum atomic E-state index is -1.23. The van der Waals surface area contributed by atoms with E-state index in [4.69, 9.17) is 16.3 Å². The highest BCUT2D eigenvalue weighted by Gasteiger charge is 2.43. The summed E-state index contributed by atoms with van der Waals surface area (Å²) in [4.78, 5) is 52.4. The summed E-state index contributed by atoms with van der Waals surface area (Å²) in [5.74, 6) is -2.56. The summed E-state index contributed by atoms with van der Waals surface area (Å²) < 4.78 is 5.26. The van der Waals surface area contributed by atoms with E-state index in [0.29, 0.717) is 10.7 Å². The highest BCUT2D eigenvalue weighted by molar-refractivity contribution is 6.31. The first-order valence-corrected chi connectivity index (χ1v) is 11.0. The van der Waals surface area contributed by atoms with Gasteiger partial charge in [-0.1, -0.05) is 60.1 Å². The van der Waals surface area contributed by atoms with Crippen molar-refractivity contribution in [3.05, 3.63) is 100 Å². The molecule has 0 bridgehead atoms. The minimum Gasteiger partial charge on any atom is -0.454 e. The van der Waals surface area contributed by atoms with E-state index in [2.05, 4.69) is 5.32 Å². The number of anilines is 1. The summed E-state index contributed by atoms with van der Waals surface area (Å²) in [6.45, 7) is 1.22. The molecule has 0 saturated carbocycles. The summed E-state index contributed by atoms with van der Waals surface area (Å²) in [5, 5.41) is 3.10. The molecule has 3 aromatic carbocycles. The summed E-state index contributed by atoms with van der Waals surface area (Å²) >= 11 is 5.98. The number of imide groups is 1. The van der Waals surface area contributed by atoms with Crippen LogP contribution in [0.1, 0.15) is 31.8 Å². The van der Waals surface area contributed by atoms with Crippen LogP contribution in [0.25, 0.3) is 0 Å². The van der Waals surface area contributed by atoms with Gasteiger partial charge in [-0.05, 0) is 42.3 Å². The van der Waals surface area contributed by atoms with Crippen LogP contribution in [0.2, 0.25) is 5.02 Å². The molecule has 1 aliphatic heterocycles. The number of hydrogen-bond acceptors (Lipinski definition) is 5. The number of nitrogens with one attached hydrogen (secondary N) is 1. The summed E-state index contributed by atoms with van der Waals surface area (Å²) in [7, 11) is 0. The smallest absolute Gasteiger partial charge is 0.330 e. The Balaban J connectivity index is 1.52. The molecule has 0 saturated heterocycles. The molecular formula is C26H21ClN2O5. The third-order valence-electron chi connectivity index (χ3n) is 5.50. The fourth-order valence-corrected chi connectivity index (χ4v) is 3.93. The van der Waals surface area contributed by atoms with Crippen LogP contribution in [0.15, 0.2) is 72.8 Å². The Kier molecular flexibility index (Phi) is 6.75. The van der Waals surface area contributed by atoms with E-state index in [1.807, 2.05) is 6.07 Å². The number of aryl methyl sites for hydroxylation is 1. The highest BCUT2D eigenvalue weighted by atomic mass is 35.5. The molecule has 3 aromatic rings. The zero-order valence-electron chi connectivity index (χ0n) is 18.3. The Morgan fingerprint density at radius 2 is 1.56 bits per heavy atom. The van der Waals surface area contributed by atoms with Gasteiger partial charge in [0.2, 0.25) is 0 Å². The fourth-order valence-electron chi connectivity index (χ4n) is 3.76. The van der Waals surface area contributed by atoms with E-state index in [9.17, 15) is 19.2 Å². The van der Waals surface area contributed by atoms with E-state index in [1.165, 1.54) is 0 Å². The highest BCUT2D eigenvalue weighted by Crippen LogP contribution is 2.26. The number of carbonyl (C=O) groups excluding carboxylic acids is 4. The van der Waals surface area contributed by atoms with Gasteiger partial charge in [0, 0.05) is 17.1 Å². The lowest BCUT2D eigenvalue weighted by atomic mass is 10.0. The van der Waals surface area contributed by atoms with Crippen LogP contribution >= 0.6 is 11.6 Å². The van der Waals surface area contributed by atoms with Crippen LogP contribution in [0.5, 0.6) is 0 Å². The van der Waals surface area contributed by atoms with Crippen molar-refractivity contribution in [1.82, 2.24) is 4.90 Å². The molecule has 0 aromatic heterocycles. The van der Waals surface area contributed by atoms with Gasteiger partial charge >= 0.3 is 5.97 Å². The molecule has 1 aliphatic rings. The normalized spacial score (nSPS) is 13.4. The number of nitrogens with zero attached hydrogens (tertiary/aromatic N) is 1. The number of hydrogen-bond donors (Lipinski definition) is 1. The van der Waals surface area contributed by atoms with Gasteiger partial charge in [-0.3, -0.25) is 19.3 Å².